The van der Waals surface area contributed by atoms with Gasteiger partial charge >= 0.3 is 11.9 Å². The first kappa shape index (κ1) is 65.3. The third-order valence-corrected chi connectivity index (χ3v) is 15.4. The molecule has 6 amide bonds. The summed E-state index contributed by atoms with van der Waals surface area (Å²) >= 11 is 0. The van der Waals surface area contributed by atoms with Crippen LogP contribution in [0.4, 0.5) is 4.39 Å². The second-order valence-corrected chi connectivity index (χ2v) is 23.0. The number of ether oxygens (including phenoxy) is 6. The van der Waals surface area contributed by atoms with Crippen molar-refractivity contribution in [2.45, 2.75) is 135 Å². The second kappa shape index (κ2) is 29.1. The maximum Gasteiger partial charge on any atom is 0.330 e. The number of nitrogens with one attached hydrogen (secondary N) is 1. The minimum atomic E-state index is -1.55. The fraction of sp³-hybridized carbons (Fsp3) is 0.532. The van der Waals surface area contributed by atoms with E-state index in [2.05, 4.69) is 5.32 Å². The summed E-state index contributed by atoms with van der Waals surface area (Å²) in [5.74, 6) is -6.52. The lowest BCUT2D eigenvalue weighted by Crippen LogP contribution is -2.58. The van der Waals surface area contributed by atoms with Crippen LogP contribution in [0.15, 0.2) is 78.9 Å². The Labute approximate surface area is 491 Å². The Morgan fingerprint density at radius 2 is 1.44 bits per heavy atom. The average molecular weight is 1170 g/mol. The van der Waals surface area contributed by atoms with Gasteiger partial charge in [0, 0.05) is 52.4 Å². The molecule has 3 aromatic rings. The van der Waals surface area contributed by atoms with Crippen LogP contribution in [0.3, 0.4) is 0 Å². The highest BCUT2D eigenvalue weighted by Gasteiger charge is 2.45. The van der Waals surface area contributed by atoms with Crippen molar-refractivity contribution in [3.63, 3.8) is 0 Å². The number of likely N-dealkylation sites (N-methyl/N-ethyl adjacent to an activating group) is 3. The van der Waals surface area contributed by atoms with Gasteiger partial charge in [0.15, 0.2) is 18.1 Å². The first-order valence-corrected chi connectivity index (χ1v) is 28.4. The first-order valence-electron chi connectivity index (χ1n) is 28.4. The molecule has 21 nitrogen and oxygen atoms in total. The van der Waals surface area contributed by atoms with E-state index >= 15 is 4.39 Å². The molecule has 2 saturated heterocycles. The summed E-state index contributed by atoms with van der Waals surface area (Å²) in [5.41, 5.74) is -1.33. The maximum atomic E-state index is 16.2. The van der Waals surface area contributed by atoms with E-state index in [1.54, 1.807) is 76.3 Å². The largest absolute Gasteiger partial charge is 0.493 e. The molecule has 3 heterocycles. The molecule has 1 unspecified atom stereocenters. The Morgan fingerprint density at radius 1 is 0.750 bits per heavy atom. The van der Waals surface area contributed by atoms with E-state index in [0.717, 1.165) is 21.9 Å². The summed E-state index contributed by atoms with van der Waals surface area (Å²) in [4.78, 5) is 134. The van der Waals surface area contributed by atoms with Crippen molar-refractivity contribution in [1.82, 2.24) is 29.8 Å². The van der Waals surface area contributed by atoms with E-state index in [-0.39, 0.29) is 69.1 Å². The number of carbonyl (C=O) groups is 9. The maximum absolute atomic E-state index is 16.2. The van der Waals surface area contributed by atoms with E-state index in [9.17, 15) is 43.2 Å². The smallest absolute Gasteiger partial charge is 0.330 e. The van der Waals surface area contributed by atoms with Crippen LogP contribution in [0.2, 0.25) is 0 Å². The number of rotatable bonds is 8. The Bertz CT molecular complexity index is 2910. The van der Waals surface area contributed by atoms with Crippen molar-refractivity contribution in [2.75, 3.05) is 74.8 Å². The number of amides is 6. The van der Waals surface area contributed by atoms with E-state index in [0.29, 0.717) is 48.3 Å². The van der Waals surface area contributed by atoms with Crippen LogP contribution in [-0.2, 0) is 63.8 Å². The minimum absolute atomic E-state index is 0.00000335. The number of fused-ring (bicyclic) bond motifs is 4. The number of esters is 2. The lowest BCUT2D eigenvalue weighted by Gasteiger charge is -2.37. The topological polar surface area (TPSA) is 237 Å². The molecule has 22 heteroatoms. The predicted molar refractivity (Wildman–Crippen MR) is 306 cm³/mol. The number of aryl methyl sites for hydroxylation is 1. The zero-order valence-corrected chi connectivity index (χ0v) is 50.1. The van der Waals surface area contributed by atoms with Gasteiger partial charge in [0.25, 0.3) is 11.8 Å². The highest BCUT2D eigenvalue weighted by atomic mass is 19.1. The van der Waals surface area contributed by atoms with Gasteiger partial charge in [0.2, 0.25) is 29.4 Å². The third kappa shape index (κ3) is 16.7. The van der Waals surface area contributed by atoms with E-state index < -0.39 is 114 Å². The highest BCUT2D eigenvalue weighted by molar-refractivity contribution is 6.38. The van der Waals surface area contributed by atoms with Crippen molar-refractivity contribution < 1.29 is 76.0 Å². The SMILES string of the molecule is COc1ccc(CC[C@H]2OC(=O)[C@@H]3CCCCN3C(=O)C(=O)C(C)(C)COC(=O)C=CCCN(C)C(=O)[C@@H]3CCCN3C(=O)[C@H](COC(C)(C)C)N(C)C(=O)C(c3ccccc3)NC(=O)[C@H](C)N(C)C(=O)COc3ccc(F)c2c3)cc1OC. The molecule has 3 aliphatic rings. The molecule has 0 radical (unpaired) electrons. The van der Waals surface area contributed by atoms with Gasteiger partial charge in [0.05, 0.1) is 31.8 Å². The Balaban J connectivity index is 1.34. The van der Waals surface area contributed by atoms with Gasteiger partial charge in [-0.05, 0) is 134 Å². The van der Waals surface area contributed by atoms with Crippen molar-refractivity contribution >= 4 is 53.2 Å². The van der Waals surface area contributed by atoms with E-state index in [1.165, 1.54) is 82.0 Å². The van der Waals surface area contributed by atoms with Gasteiger partial charge in [-0.15, -0.1) is 0 Å². The fourth-order valence-corrected chi connectivity index (χ4v) is 10.1. The van der Waals surface area contributed by atoms with Gasteiger partial charge in [0.1, 0.15) is 54.5 Å². The number of ketones is 1. The molecule has 6 atom stereocenters. The monoisotopic (exact) mass is 1170 g/mol. The van der Waals surface area contributed by atoms with Crippen LogP contribution in [0, 0.1) is 11.2 Å². The number of benzene rings is 3. The number of hydrogen-bond donors (Lipinski definition) is 1. The van der Waals surface area contributed by atoms with Gasteiger partial charge < -0.3 is 58.2 Å². The van der Waals surface area contributed by atoms with Crippen LogP contribution in [0.25, 0.3) is 0 Å². The molecule has 3 aliphatic heterocycles. The van der Waals surface area contributed by atoms with Crippen LogP contribution in [0.1, 0.15) is 115 Å². The van der Waals surface area contributed by atoms with Gasteiger partial charge in [-0.3, -0.25) is 33.6 Å². The fourth-order valence-electron chi connectivity index (χ4n) is 10.1. The average Bonchev–Trinajstić information content (AvgIpc) is 4.13. The van der Waals surface area contributed by atoms with Crippen molar-refractivity contribution in [2.24, 2.45) is 5.41 Å². The zero-order chi connectivity index (χ0) is 61.6. The van der Waals surface area contributed by atoms with E-state index in [1.807, 2.05) is 0 Å². The summed E-state index contributed by atoms with van der Waals surface area (Å²) in [6.07, 6.45) is 3.68. The van der Waals surface area contributed by atoms with Crippen molar-refractivity contribution in [1.29, 1.82) is 0 Å². The molecule has 2 fully saturated rings. The molecule has 1 N–H and O–H groups in total. The molecular formula is C62H81FN6O15. The molecule has 456 valence electrons. The predicted octanol–water partition coefficient (Wildman–Crippen LogP) is 5.71. The summed E-state index contributed by atoms with van der Waals surface area (Å²) in [5, 5.41) is 2.80. The number of methoxy groups -OCH3 is 2. The number of halogens is 1. The van der Waals surface area contributed by atoms with Crippen LogP contribution >= 0.6 is 0 Å². The number of piperidine rings is 1. The quantitative estimate of drug-likeness (QED) is 0.210. The number of Topliss-reactive ketones (excluding diaryl/α,β-unsaturated/α-hetero) is 1. The standard InChI is InChI=1S/C62H81FN6O15/c1-39-55(73)64-53(41-20-13-12-14-21-41)58(76)67(9)47(36-83-61(2,3)4)57(75)68-33-19-23-45(68)56(74)65(7)31-17-16-24-52(71)82-38-62(5,6)54(72)59(77)69-32-18-15-22-46(69)60(78)84-48(29-25-40-26-30-49(79-10)50(34-40)80-11)43-35-42(27-28-44(43)63)81-37-51(70)66(39)8/h12-14,16,20-21,24,26-28,30,34-35,39,45-48,53H,15,17-19,22-23,25,29,31-33,36-38H2,1-11H3,(H,64,73)/t39-,45-,46-,47-,48+,53?/m0/s1. The Kier molecular flexibility index (Phi) is 22.6. The summed E-state index contributed by atoms with van der Waals surface area (Å²) in [7, 11) is 7.34. The molecule has 84 heavy (non-hydrogen) atoms. The lowest BCUT2D eigenvalue weighted by atomic mass is 9.87. The summed E-state index contributed by atoms with van der Waals surface area (Å²) < 4.78 is 50.8. The normalized spacial score (nSPS) is 23.7. The minimum Gasteiger partial charge on any atom is -0.493 e. The lowest BCUT2D eigenvalue weighted by molar-refractivity contribution is -0.165. The Hall–Kier alpha value is -7.88. The number of hydrogen-bond acceptors (Lipinski definition) is 15. The van der Waals surface area contributed by atoms with Gasteiger partial charge in [-0.1, -0.05) is 42.5 Å². The van der Waals surface area contributed by atoms with Crippen molar-refractivity contribution in [3.8, 4) is 17.2 Å². The zero-order valence-electron chi connectivity index (χ0n) is 50.1. The number of cyclic esters (lactones) is 2. The second-order valence-electron chi connectivity index (χ2n) is 23.0. The Morgan fingerprint density at radius 3 is 2.13 bits per heavy atom. The van der Waals surface area contributed by atoms with Crippen LogP contribution in [-0.4, -0.2) is 182 Å². The number of carbonyl (C=O) groups excluding carboxylic acids is 9. The van der Waals surface area contributed by atoms with Crippen LogP contribution < -0.4 is 19.5 Å². The van der Waals surface area contributed by atoms with Gasteiger partial charge in [-0.25, -0.2) is 14.0 Å². The summed E-state index contributed by atoms with van der Waals surface area (Å²) in [6, 6.07) is 11.3. The molecule has 0 aliphatic carbocycles. The molecular weight excluding hydrogens is 1090 g/mol. The molecule has 3 aromatic carbocycles. The number of nitrogens with zero attached hydrogens (tertiary/aromatic N) is 5. The molecule has 0 aromatic heterocycles. The van der Waals surface area contributed by atoms with Gasteiger partial charge in [-0.2, -0.15) is 0 Å². The molecule has 2 bridgehead atoms. The highest BCUT2D eigenvalue weighted by Crippen LogP contribution is 2.34. The van der Waals surface area contributed by atoms with E-state index in [4.69, 9.17) is 28.4 Å². The summed E-state index contributed by atoms with van der Waals surface area (Å²) in [6.45, 7) is 8.70. The van der Waals surface area contributed by atoms with Crippen LogP contribution in [0.5, 0.6) is 17.2 Å². The first-order chi connectivity index (χ1) is 39.8. The molecule has 0 saturated carbocycles. The molecule has 0 spiro atoms. The molecule has 6 rings (SSSR count). The van der Waals surface area contributed by atoms with Crippen molar-refractivity contribution in [3.05, 3.63) is 101 Å². The third-order valence-electron chi connectivity index (χ3n) is 15.4.